The molecule has 0 spiro atoms. The van der Waals surface area contributed by atoms with Gasteiger partial charge < -0.3 is 15.0 Å². The van der Waals surface area contributed by atoms with Gasteiger partial charge in [0.1, 0.15) is 5.60 Å². The van der Waals surface area contributed by atoms with Gasteiger partial charge in [-0.3, -0.25) is 10.1 Å². The number of nitrogens with zero attached hydrogens (tertiary/aromatic N) is 2. The highest BCUT2D eigenvalue weighted by Crippen LogP contribution is 2.27. The molecular formula is C18H27N3O4. The molecule has 1 aliphatic heterocycles. The molecule has 1 saturated heterocycles. The van der Waals surface area contributed by atoms with Crippen LogP contribution in [0.1, 0.15) is 44.7 Å². The summed E-state index contributed by atoms with van der Waals surface area (Å²) >= 11 is 0. The smallest absolute Gasteiger partial charge is 0.410 e. The highest BCUT2D eigenvalue weighted by Gasteiger charge is 2.32. The Morgan fingerprint density at radius 1 is 1.36 bits per heavy atom. The summed E-state index contributed by atoms with van der Waals surface area (Å²) in [6, 6.07) is 3.40. The maximum atomic E-state index is 12.3. The standard InChI is InChI=1S/C18H27N3O4/c1-12-9-13(2)16(21(23)24)10-15(12)19-11-14-7-6-8-20(14)17(22)25-18(3,4)5/h9-10,14,19H,6-8,11H2,1-5H3. The van der Waals surface area contributed by atoms with Crippen molar-refractivity contribution >= 4 is 17.5 Å². The van der Waals surface area contributed by atoms with E-state index in [9.17, 15) is 14.9 Å². The van der Waals surface area contributed by atoms with Gasteiger partial charge in [0, 0.05) is 30.4 Å². The van der Waals surface area contributed by atoms with Gasteiger partial charge in [-0.2, -0.15) is 0 Å². The van der Waals surface area contributed by atoms with Crippen LogP contribution in [0.5, 0.6) is 0 Å². The molecule has 1 N–H and O–H groups in total. The summed E-state index contributed by atoms with van der Waals surface area (Å²) in [7, 11) is 0. The number of carbonyl (C=O) groups is 1. The fraction of sp³-hybridized carbons (Fsp3) is 0.611. The second-order valence-corrected chi connectivity index (χ2v) is 7.56. The average molecular weight is 349 g/mol. The lowest BCUT2D eigenvalue weighted by atomic mass is 10.1. The zero-order valence-electron chi connectivity index (χ0n) is 15.6. The summed E-state index contributed by atoms with van der Waals surface area (Å²) in [5.74, 6) is 0. The molecule has 138 valence electrons. The van der Waals surface area contributed by atoms with Crippen molar-refractivity contribution in [2.75, 3.05) is 18.4 Å². The number of benzene rings is 1. The van der Waals surface area contributed by atoms with Crippen molar-refractivity contribution in [2.45, 2.75) is 59.1 Å². The van der Waals surface area contributed by atoms with Crippen LogP contribution >= 0.6 is 0 Å². The first-order chi connectivity index (χ1) is 11.6. The Morgan fingerprint density at radius 2 is 2.04 bits per heavy atom. The van der Waals surface area contributed by atoms with E-state index in [-0.39, 0.29) is 22.7 Å². The molecule has 1 atom stereocenters. The van der Waals surface area contributed by atoms with E-state index >= 15 is 0 Å². The molecule has 1 aromatic carbocycles. The molecule has 0 radical (unpaired) electrons. The molecule has 0 saturated carbocycles. The first-order valence-corrected chi connectivity index (χ1v) is 8.57. The van der Waals surface area contributed by atoms with E-state index in [1.54, 1.807) is 24.0 Å². The number of aryl methyl sites for hydroxylation is 2. The minimum Gasteiger partial charge on any atom is -0.444 e. The Bertz CT molecular complexity index is 667. The van der Waals surface area contributed by atoms with Gasteiger partial charge in [0.05, 0.1) is 11.0 Å². The maximum absolute atomic E-state index is 12.3. The topological polar surface area (TPSA) is 84.7 Å². The molecular weight excluding hydrogens is 322 g/mol. The third-order valence-corrected chi connectivity index (χ3v) is 4.27. The second kappa shape index (κ2) is 7.29. The van der Waals surface area contributed by atoms with E-state index in [1.165, 1.54) is 0 Å². The number of ether oxygens (including phenoxy) is 1. The van der Waals surface area contributed by atoms with Crippen LogP contribution in [0.3, 0.4) is 0 Å². The second-order valence-electron chi connectivity index (χ2n) is 7.56. The Kier molecular flexibility index (Phi) is 5.55. The SMILES string of the molecule is Cc1cc(C)c([N+](=O)[O-])cc1NCC1CCCN1C(=O)OC(C)(C)C. The van der Waals surface area contributed by atoms with E-state index in [2.05, 4.69) is 5.32 Å². The van der Waals surface area contributed by atoms with Gasteiger partial charge >= 0.3 is 6.09 Å². The molecule has 7 heteroatoms. The van der Waals surface area contributed by atoms with Crippen LogP contribution in [-0.2, 0) is 4.74 Å². The molecule has 7 nitrogen and oxygen atoms in total. The maximum Gasteiger partial charge on any atom is 0.410 e. The van der Waals surface area contributed by atoms with E-state index in [0.29, 0.717) is 18.7 Å². The molecule has 0 aliphatic carbocycles. The van der Waals surface area contributed by atoms with Crippen LogP contribution in [0, 0.1) is 24.0 Å². The predicted octanol–water partition coefficient (Wildman–Crippen LogP) is 4.02. The van der Waals surface area contributed by atoms with Crippen LogP contribution in [0.2, 0.25) is 0 Å². The van der Waals surface area contributed by atoms with Crippen molar-refractivity contribution in [1.29, 1.82) is 0 Å². The lowest BCUT2D eigenvalue weighted by molar-refractivity contribution is -0.385. The molecule has 1 fully saturated rings. The molecule has 25 heavy (non-hydrogen) atoms. The third-order valence-electron chi connectivity index (χ3n) is 4.27. The summed E-state index contributed by atoms with van der Waals surface area (Å²) < 4.78 is 5.46. The number of nitrogens with one attached hydrogen (secondary N) is 1. The third kappa shape index (κ3) is 4.84. The Morgan fingerprint density at radius 3 is 2.64 bits per heavy atom. The van der Waals surface area contributed by atoms with Crippen LogP contribution in [0.15, 0.2) is 12.1 Å². The number of rotatable bonds is 4. The first-order valence-electron chi connectivity index (χ1n) is 8.57. The fourth-order valence-electron chi connectivity index (χ4n) is 3.06. The normalized spacial score (nSPS) is 17.5. The van der Waals surface area contributed by atoms with Crippen molar-refractivity contribution < 1.29 is 14.5 Å². The van der Waals surface area contributed by atoms with Gasteiger partial charge in [0.2, 0.25) is 0 Å². The van der Waals surface area contributed by atoms with Gasteiger partial charge in [-0.1, -0.05) is 0 Å². The van der Waals surface area contributed by atoms with E-state index in [1.807, 2.05) is 27.7 Å². The average Bonchev–Trinajstić information content (AvgIpc) is 2.92. The predicted molar refractivity (Wildman–Crippen MR) is 97.0 cm³/mol. The number of carbonyl (C=O) groups excluding carboxylic acids is 1. The number of amides is 1. The number of nitro groups is 1. The highest BCUT2D eigenvalue weighted by atomic mass is 16.6. The largest absolute Gasteiger partial charge is 0.444 e. The number of hydrogen-bond donors (Lipinski definition) is 1. The Labute approximate surface area is 148 Å². The summed E-state index contributed by atoms with van der Waals surface area (Å²) in [4.78, 5) is 24.8. The minimum absolute atomic E-state index is 0.0228. The lowest BCUT2D eigenvalue weighted by Gasteiger charge is -2.29. The van der Waals surface area contributed by atoms with Crippen molar-refractivity contribution in [3.63, 3.8) is 0 Å². The highest BCUT2D eigenvalue weighted by molar-refractivity contribution is 5.69. The fourth-order valence-corrected chi connectivity index (χ4v) is 3.06. The zero-order valence-corrected chi connectivity index (χ0v) is 15.6. The molecule has 1 unspecified atom stereocenters. The summed E-state index contributed by atoms with van der Waals surface area (Å²) in [5.41, 5.74) is 1.90. The Balaban J connectivity index is 2.06. The molecule has 2 rings (SSSR count). The number of anilines is 1. The van der Waals surface area contributed by atoms with Crippen LogP contribution in [0.4, 0.5) is 16.2 Å². The van der Waals surface area contributed by atoms with Crippen LogP contribution in [0.25, 0.3) is 0 Å². The quantitative estimate of drug-likeness (QED) is 0.655. The first kappa shape index (κ1) is 19.0. The van der Waals surface area contributed by atoms with Crippen molar-refractivity contribution in [2.24, 2.45) is 0 Å². The lowest BCUT2D eigenvalue weighted by Crippen LogP contribution is -2.42. The zero-order chi connectivity index (χ0) is 18.8. The summed E-state index contributed by atoms with van der Waals surface area (Å²) in [5, 5.41) is 14.4. The summed E-state index contributed by atoms with van der Waals surface area (Å²) in [6.07, 6.45) is 1.51. The minimum atomic E-state index is -0.522. The molecule has 1 heterocycles. The van der Waals surface area contributed by atoms with Gasteiger partial charge in [-0.05, 0) is 59.1 Å². The van der Waals surface area contributed by atoms with Gasteiger partial charge in [0.25, 0.3) is 5.69 Å². The molecule has 1 aliphatic rings. The van der Waals surface area contributed by atoms with E-state index in [0.717, 1.165) is 24.1 Å². The molecule has 0 aromatic heterocycles. The van der Waals surface area contributed by atoms with Gasteiger partial charge in [0.15, 0.2) is 0 Å². The van der Waals surface area contributed by atoms with Gasteiger partial charge in [-0.25, -0.2) is 4.79 Å². The monoisotopic (exact) mass is 349 g/mol. The number of hydrogen-bond acceptors (Lipinski definition) is 5. The molecule has 0 bridgehead atoms. The Hall–Kier alpha value is -2.31. The number of likely N-dealkylation sites (tertiary alicyclic amines) is 1. The molecule has 1 aromatic rings. The van der Waals surface area contributed by atoms with Crippen molar-refractivity contribution in [1.82, 2.24) is 4.90 Å². The number of nitro benzene ring substituents is 1. The van der Waals surface area contributed by atoms with Crippen molar-refractivity contribution in [3.05, 3.63) is 33.4 Å². The van der Waals surface area contributed by atoms with Crippen LogP contribution in [-0.4, -0.2) is 40.6 Å². The van der Waals surface area contributed by atoms with E-state index in [4.69, 9.17) is 4.74 Å². The van der Waals surface area contributed by atoms with Crippen LogP contribution < -0.4 is 5.32 Å². The van der Waals surface area contributed by atoms with E-state index < -0.39 is 5.60 Å². The van der Waals surface area contributed by atoms with Crippen molar-refractivity contribution in [3.8, 4) is 0 Å². The summed E-state index contributed by atoms with van der Waals surface area (Å²) in [6.45, 7) is 10.4. The van der Waals surface area contributed by atoms with Gasteiger partial charge in [-0.15, -0.1) is 0 Å². The molecule has 1 amide bonds.